The number of halogens is 2. The van der Waals surface area contributed by atoms with Crippen molar-refractivity contribution in [1.82, 2.24) is 4.98 Å². The van der Waals surface area contributed by atoms with E-state index >= 15 is 0 Å². The lowest BCUT2D eigenvalue weighted by Gasteiger charge is -2.11. The summed E-state index contributed by atoms with van der Waals surface area (Å²) in [5, 5.41) is 0.787. The van der Waals surface area contributed by atoms with Crippen LogP contribution in [0.5, 0.6) is 0 Å². The maximum Gasteiger partial charge on any atom is 0.159 e. The Morgan fingerprint density at radius 1 is 1.24 bits per heavy atom. The van der Waals surface area contributed by atoms with Crippen LogP contribution in [0, 0.1) is 18.6 Å². The van der Waals surface area contributed by atoms with Crippen molar-refractivity contribution in [2.75, 3.05) is 0 Å². The minimum absolute atomic E-state index is 0.135. The summed E-state index contributed by atoms with van der Waals surface area (Å²) < 4.78 is 26.1. The molecule has 0 spiro atoms. The molecule has 0 saturated carbocycles. The van der Waals surface area contributed by atoms with E-state index < -0.39 is 11.6 Å². The van der Waals surface area contributed by atoms with E-state index in [2.05, 4.69) is 11.9 Å². The van der Waals surface area contributed by atoms with Crippen LogP contribution >= 0.6 is 11.8 Å². The normalized spacial score (nSPS) is 12.4. The number of aromatic nitrogens is 1. The average Bonchev–Trinajstić information content (AvgIpc) is 2.45. The molecular weight excluding hydrogens is 290 g/mol. The molecule has 2 N–H and O–H groups in total. The molecule has 0 aliphatic rings. The summed E-state index contributed by atoms with van der Waals surface area (Å²) in [6.45, 7) is 4.01. The Balaban J connectivity index is 2.15. The Bertz CT molecular complexity index is 632. The van der Waals surface area contributed by atoms with Gasteiger partial charge in [-0.15, -0.1) is 0 Å². The average molecular weight is 308 g/mol. The molecule has 1 unspecified atom stereocenters. The number of hydrogen-bond donors (Lipinski definition) is 1. The SMILES string of the molecule is CCC(N)Cc1cnc(Sc2ccc(F)c(F)c2)c(C)c1. The van der Waals surface area contributed by atoms with Crippen molar-refractivity contribution in [2.24, 2.45) is 5.73 Å². The van der Waals surface area contributed by atoms with Crippen LogP contribution in [0.1, 0.15) is 24.5 Å². The van der Waals surface area contributed by atoms with Gasteiger partial charge in [0.15, 0.2) is 11.6 Å². The van der Waals surface area contributed by atoms with Gasteiger partial charge in [0.05, 0.1) is 0 Å². The quantitative estimate of drug-likeness (QED) is 0.904. The molecular formula is C16H18F2N2S. The molecule has 0 bridgehead atoms. The lowest BCUT2D eigenvalue weighted by Crippen LogP contribution is -2.21. The highest BCUT2D eigenvalue weighted by Crippen LogP contribution is 2.29. The van der Waals surface area contributed by atoms with E-state index in [9.17, 15) is 8.78 Å². The number of nitrogens with zero attached hydrogens (tertiary/aromatic N) is 1. The third-order valence-electron chi connectivity index (χ3n) is 3.21. The van der Waals surface area contributed by atoms with Gasteiger partial charge >= 0.3 is 0 Å². The van der Waals surface area contributed by atoms with Crippen LogP contribution in [0.4, 0.5) is 8.78 Å². The zero-order valence-corrected chi connectivity index (χ0v) is 12.9. The summed E-state index contributed by atoms with van der Waals surface area (Å²) >= 11 is 1.32. The molecule has 2 aromatic rings. The summed E-state index contributed by atoms with van der Waals surface area (Å²) in [5.74, 6) is -1.68. The number of hydrogen-bond acceptors (Lipinski definition) is 3. The zero-order valence-electron chi connectivity index (χ0n) is 12.1. The van der Waals surface area contributed by atoms with Crippen LogP contribution in [0.15, 0.2) is 40.4 Å². The predicted molar refractivity (Wildman–Crippen MR) is 81.4 cm³/mol. The molecule has 1 heterocycles. The fourth-order valence-corrected chi connectivity index (χ4v) is 2.79. The van der Waals surface area contributed by atoms with Crippen molar-refractivity contribution in [2.45, 2.75) is 42.7 Å². The molecule has 1 atom stereocenters. The Kier molecular flexibility index (Phi) is 5.31. The van der Waals surface area contributed by atoms with Crippen LogP contribution in [0.3, 0.4) is 0 Å². The second-order valence-corrected chi connectivity index (χ2v) is 6.08. The van der Waals surface area contributed by atoms with E-state index in [0.29, 0.717) is 4.90 Å². The molecule has 1 aromatic carbocycles. The van der Waals surface area contributed by atoms with Crippen LogP contribution in [-0.2, 0) is 6.42 Å². The molecule has 0 fully saturated rings. The minimum Gasteiger partial charge on any atom is -0.327 e. The lowest BCUT2D eigenvalue weighted by molar-refractivity contribution is 0.506. The van der Waals surface area contributed by atoms with E-state index in [4.69, 9.17) is 5.73 Å². The van der Waals surface area contributed by atoms with Crippen molar-refractivity contribution >= 4 is 11.8 Å². The standard InChI is InChI=1S/C16H18F2N2S/c1-3-12(19)7-11-6-10(2)16(20-9-11)21-13-4-5-14(17)15(18)8-13/h4-6,8-9,12H,3,7,19H2,1-2H3. The highest BCUT2D eigenvalue weighted by Gasteiger charge is 2.09. The molecule has 5 heteroatoms. The molecule has 1 aromatic heterocycles. The topological polar surface area (TPSA) is 38.9 Å². The largest absolute Gasteiger partial charge is 0.327 e. The first-order valence-corrected chi connectivity index (χ1v) is 7.65. The van der Waals surface area contributed by atoms with Crippen LogP contribution < -0.4 is 5.73 Å². The molecule has 21 heavy (non-hydrogen) atoms. The van der Waals surface area contributed by atoms with Gasteiger partial charge in [-0.1, -0.05) is 24.8 Å². The van der Waals surface area contributed by atoms with Crippen molar-refractivity contribution in [3.8, 4) is 0 Å². The third-order valence-corrected chi connectivity index (χ3v) is 4.33. The second-order valence-electron chi connectivity index (χ2n) is 5.02. The van der Waals surface area contributed by atoms with Gasteiger partial charge < -0.3 is 5.73 Å². The summed E-state index contributed by atoms with van der Waals surface area (Å²) in [6.07, 6.45) is 3.51. The molecule has 0 saturated heterocycles. The van der Waals surface area contributed by atoms with Gasteiger partial charge in [-0.2, -0.15) is 0 Å². The first-order chi connectivity index (χ1) is 9.99. The van der Waals surface area contributed by atoms with Crippen molar-refractivity contribution < 1.29 is 8.78 Å². The van der Waals surface area contributed by atoms with Crippen LogP contribution in [0.2, 0.25) is 0 Å². The van der Waals surface area contributed by atoms with Crippen molar-refractivity contribution in [1.29, 1.82) is 0 Å². The molecule has 0 aliphatic heterocycles. The fourth-order valence-electron chi connectivity index (χ4n) is 1.94. The van der Waals surface area contributed by atoms with Gasteiger partial charge in [0.1, 0.15) is 5.03 Å². The summed E-state index contributed by atoms with van der Waals surface area (Å²) in [6, 6.07) is 6.04. The molecule has 0 radical (unpaired) electrons. The Hall–Kier alpha value is -1.46. The second kappa shape index (κ2) is 7.00. The number of nitrogens with two attached hydrogens (primary N) is 1. The third kappa shape index (κ3) is 4.25. The first kappa shape index (κ1) is 15.9. The van der Waals surface area contributed by atoms with Gasteiger partial charge in [0.25, 0.3) is 0 Å². The number of rotatable bonds is 5. The van der Waals surface area contributed by atoms with Crippen molar-refractivity contribution in [3.05, 3.63) is 53.2 Å². The Morgan fingerprint density at radius 2 is 2.00 bits per heavy atom. The van der Waals surface area contributed by atoms with Crippen LogP contribution in [0.25, 0.3) is 0 Å². The molecule has 2 nitrogen and oxygen atoms in total. The van der Waals surface area contributed by atoms with Gasteiger partial charge in [0, 0.05) is 17.1 Å². The fraction of sp³-hybridized carbons (Fsp3) is 0.312. The van der Waals surface area contributed by atoms with E-state index in [1.165, 1.54) is 17.8 Å². The maximum absolute atomic E-state index is 13.2. The molecule has 112 valence electrons. The lowest BCUT2D eigenvalue weighted by atomic mass is 10.1. The van der Waals surface area contributed by atoms with Crippen LogP contribution in [-0.4, -0.2) is 11.0 Å². The Morgan fingerprint density at radius 3 is 2.62 bits per heavy atom. The Labute approximate surface area is 127 Å². The summed E-state index contributed by atoms with van der Waals surface area (Å²) in [7, 11) is 0. The predicted octanol–water partition coefficient (Wildman–Crippen LogP) is 4.10. The number of aryl methyl sites for hydroxylation is 1. The molecule has 0 aliphatic carbocycles. The minimum atomic E-state index is -0.844. The van der Waals surface area contributed by atoms with Gasteiger partial charge in [0.2, 0.25) is 0 Å². The smallest absolute Gasteiger partial charge is 0.159 e. The summed E-state index contributed by atoms with van der Waals surface area (Å²) in [5.41, 5.74) is 8.04. The van der Waals surface area contributed by atoms with Gasteiger partial charge in [-0.3, -0.25) is 0 Å². The van der Waals surface area contributed by atoms with Crippen molar-refractivity contribution in [3.63, 3.8) is 0 Å². The monoisotopic (exact) mass is 308 g/mol. The molecule has 2 rings (SSSR count). The number of pyridine rings is 1. The van der Waals surface area contributed by atoms with E-state index in [-0.39, 0.29) is 6.04 Å². The van der Waals surface area contributed by atoms with Gasteiger partial charge in [-0.05, 0) is 49.1 Å². The van der Waals surface area contributed by atoms with E-state index in [1.807, 2.05) is 13.0 Å². The van der Waals surface area contributed by atoms with E-state index in [0.717, 1.165) is 35.1 Å². The van der Waals surface area contributed by atoms with Gasteiger partial charge in [-0.25, -0.2) is 13.8 Å². The first-order valence-electron chi connectivity index (χ1n) is 6.83. The highest BCUT2D eigenvalue weighted by atomic mass is 32.2. The maximum atomic E-state index is 13.2. The molecule has 0 amide bonds. The summed E-state index contributed by atoms with van der Waals surface area (Å²) in [4.78, 5) is 5.03. The zero-order chi connectivity index (χ0) is 15.4. The van der Waals surface area contributed by atoms with E-state index in [1.54, 1.807) is 12.3 Å². The number of benzene rings is 1. The highest BCUT2D eigenvalue weighted by molar-refractivity contribution is 7.99.